The average molecular weight is 393 g/mol. The first-order valence-electron chi connectivity index (χ1n) is 12.3. The Kier molecular flexibility index (Phi) is 4.52. The van der Waals surface area contributed by atoms with Crippen LogP contribution in [0.25, 0.3) is 0 Å². The van der Waals surface area contributed by atoms with Gasteiger partial charge in [-0.3, -0.25) is 9.69 Å². The standard InChI is InChI=1S/C26H36N2O/c29-25(26-14-19-9-20(15-26)11-21(10-19)16-26)27-22-12-23-7-4-8-24(13-22)28(23)17-18-5-2-1-3-6-18/h1-3,5-6,19-24H,4,7-17H2,(H,27,29)/t19?,20?,21?,23-,24-,26?/m0/s1. The summed E-state index contributed by atoms with van der Waals surface area (Å²) < 4.78 is 0. The number of piperidine rings is 2. The Balaban J connectivity index is 1.13. The summed E-state index contributed by atoms with van der Waals surface area (Å²) in [5.74, 6) is 2.98. The van der Waals surface area contributed by atoms with Crippen molar-refractivity contribution in [1.29, 1.82) is 0 Å². The van der Waals surface area contributed by atoms with Crippen molar-refractivity contribution in [3.8, 4) is 0 Å². The van der Waals surface area contributed by atoms with Crippen molar-refractivity contribution in [2.75, 3.05) is 0 Å². The van der Waals surface area contributed by atoms with E-state index in [9.17, 15) is 4.79 Å². The summed E-state index contributed by atoms with van der Waals surface area (Å²) in [5.41, 5.74) is 1.44. The third-order valence-electron chi connectivity index (χ3n) is 9.19. The van der Waals surface area contributed by atoms with Gasteiger partial charge in [-0.05, 0) is 87.5 Å². The van der Waals surface area contributed by atoms with E-state index in [0.29, 0.717) is 24.0 Å². The van der Waals surface area contributed by atoms with Crippen LogP contribution in [0.4, 0.5) is 0 Å². The van der Waals surface area contributed by atoms with Crippen LogP contribution in [0, 0.1) is 23.2 Å². The van der Waals surface area contributed by atoms with E-state index in [1.54, 1.807) is 0 Å². The van der Waals surface area contributed by atoms with Crippen molar-refractivity contribution in [3.05, 3.63) is 35.9 Å². The lowest BCUT2D eigenvalue weighted by atomic mass is 9.49. The number of rotatable bonds is 4. The molecule has 1 N–H and O–H groups in total. The quantitative estimate of drug-likeness (QED) is 0.790. The van der Waals surface area contributed by atoms with Gasteiger partial charge in [0, 0.05) is 30.1 Å². The molecular formula is C26H36N2O. The van der Waals surface area contributed by atoms with E-state index in [4.69, 9.17) is 0 Å². The fourth-order valence-electron chi connectivity index (χ4n) is 8.38. The Bertz CT molecular complexity index is 710. The first-order chi connectivity index (χ1) is 14.2. The fraction of sp³-hybridized carbons (Fsp3) is 0.731. The van der Waals surface area contributed by atoms with Gasteiger partial charge >= 0.3 is 0 Å². The van der Waals surface area contributed by atoms with Crippen LogP contribution >= 0.6 is 0 Å². The SMILES string of the molecule is O=C(NC1C[C@@H]2CCC[C@@H](C1)N2Cc1ccccc1)C12CC3CC(CC(C3)C1)C2. The molecule has 6 aliphatic rings. The molecule has 6 fully saturated rings. The average Bonchev–Trinajstić information content (AvgIpc) is 2.68. The van der Waals surface area contributed by atoms with Gasteiger partial charge in [0.05, 0.1) is 0 Å². The Hall–Kier alpha value is -1.35. The molecule has 0 spiro atoms. The van der Waals surface area contributed by atoms with Crippen molar-refractivity contribution >= 4 is 5.91 Å². The normalized spacial score (nSPS) is 43.3. The number of carbonyl (C=O) groups is 1. The summed E-state index contributed by atoms with van der Waals surface area (Å²) in [6, 6.07) is 12.6. The van der Waals surface area contributed by atoms with Gasteiger partial charge in [-0.25, -0.2) is 0 Å². The summed E-state index contributed by atoms with van der Waals surface area (Å²) >= 11 is 0. The Morgan fingerprint density at radius 2 is 1.48 bits per heavy atom. The van der Waals surface area contributed by atoms with Crippen molar-refractivity contribution in [3.63, 3.8) is 0 Å². The first-order valence-corrected chi connectivity index (χ1v) is 12.3. The molecule has 2 heterocycles. The molecule has 6 bridgehead atoms. The fourth-order valence-corrected chi connectivity index (χ4v) is 8.38. The minimum atomic E-state index is 0.00499. The second-order valence-corrected chi connectivity index (χ2v) is 11.2. The molecule has 7 rings (SSSR count). The highest BCUT2D eigenvalue weighted by Gasteiger charge is 2.55. The van der Waals surface area contributed by atoms with Gasteiger partial charge in [0.15, 0.2) is 0 Å². The number of benzene rings is 1. The second-order valence-electron chi connectivity index (χ2n) is 11.2. The summed E-state index contributed by atoms with van der Waals surface area (Å²) in [7, 11) is 0. The first kappa shape index (κ1) is 18.4. The summed E-state index contributed by atoms with van der Waals surface area (Å²) in [6.07, 6.45) is 14.1. The number of fused-ring (bicyclic) bond motifs is 2. The van der Waals surface area contributed by atoms with E-state index in [-0.39, 0.29) is 5.41 Å². The van der Waals surface area contributed by atoms with Gasteiger partial charge in [-0.15, -0.1) is 0 Å². The lowest BCUT2D eigenvalue weighted by Crippen LogP contribution is -2.60. The van der Waals surface area contributed by atoms with Crippen molar-refractivity contribution < 1.29 is 4.79 Å². The zero-order valence-corrected chi connectivity index (χ0v) is 17.7. The van der Waals surface area contributed by atoms with Crippen LogP contribution in [0.2, 0.25) is 0 Å². The molecule has 2 saturated heterocycles. The molecular weight excluding hydrogens is 356 g/mol. The highest BCUT2D eigenvalue weighted by molar-refractivity contribution is 5.83. The molecule has 4 aliphatic carbocycles. The Morgan fingerprint density at radius 1 is 0.897 bits per heavy atom. The number of amides is 1. The third-order valence-corrected chi connectivity index (χ3v) is 9.19. The predicted molar refractivity (Wildman–Crippen MR) is 115 cm³/mol. The lowest BCUT2D eigenvalue weighted by molar-refractivity contribution is -0.147. The van der Waals surface area contributed by atoms with E-state index in [1.165, 1.54) is 63.4 Å². The number of hydrogen-bond acceptors (Lipinski definition) is 2. The molecule has 1 aromatic carbocycles. The third kappa shape index (κ3) is 3.34. The molecule has 2 atom stereocenters. The number of carbonyl (C=O) groups excluding carboxylic acids is 1. The minimum Gasteiger partial charge on any atom is -0.353 e. The largest absolute Gasteiger partial charge is 0.353 e. The number of hydrogen-bond donors (Lipinski definition) is 1. The van der Waals surface area contributed by atoms with Crippen molar-refractivity contribution in [2.24, 2.45) is 23.2 Å². The van der Waals surface area contributed by atoms with Crippen LogP contribution in [-0.4, -0.2) is 28.9 Å². The smallest absolute Gasteiger partial charge is 0.226 e. The highest BCUT2D eigenvalue weighted by atomic mass is 16.2. The van der Waals surface area contributed by atoms with E-state index in [0.717, 1.165) is 37.1 Å². The van der Waals surface area contributed by atoms with Crippen LogP contribution in [0.15, 0.2) is 30.3 Å². The van der Waals surface area contributed by atoms with Gasteiger partial charge in [0.1, 0.15) is 0 Å². The summed E-state index contributed by atoms with van der Waals surface area (Å²) in [4.78, 5) is 16.3. The van der Waals surface area contributed by atoms with Gasteiger partial charge < -0.3 is 5.32 Å². The van der Waals surface area contributed by atoms with E-state index >= 15 is 0 Å². The molecule has 0 radical (unpaired) electrons. The molecule has 1 aromatic rings. The minimum absolute atomic E-state index is 0.00499. The topological polar surface area (TPSA) is 32.3 Å². The van der Waals surface area contributed by atoms with Gasteiger partial charge in [-0.1, -0.05) is 36.8 Å². The maximum atomic E-state index is 13.5. The van der Waals surface area contributed by atoms with Crippen LogP contribution in [0.1, 0.15) is 76.2 Å². The molecule has 4 saturated carbocycles. The number of nitrogens with one attached hydrogen (secondary N) is 1. The molecule has 156 valence electrons. The summed E-state index contributed by atoms with van der Waals surface area (Å²) in [6.45, 7) is 1.08. The highest BCUT2D eigenvalue weighted by Crippen LogP contribution is 2.60. The molecule has 3 nitrogen and oxygen atoms in total. The summed E-state index contributed by atoms with van der Waals surface area (Å²) in [5, 5.41) is 3.62. The molecule has 1 amide bonds. The maximum Gasteiger partial charge on any atom is 0.226 e. The monoisotopic (exact) mass is 392 g/mol. The van der Waals surface area contributed by atoms with Crippen molar-refractivity contribution in [2.45, 2.75) is 95.3 Å². The lowest BCUT2D eigenvalue weighted by Gasteiger charge is -2.56. The zero-order chi connectivity index (χ0) is 19.4. The van der Waals surface area contributed by atoms with Gasteiger partial charge in [-0.2, -0.15) is 0 Å². The van der Waals surface area contributed by atoms with E-state index < -0.39 is 0 Å². The van der Waals surface area contributed by atoms with Gasteiger partial charge in [0.25, 0.3) is 0 Å². The molecule has 3 heteroatoms. The van der Waals surface area contributed by atoms with Crippen LogP contribution < -0.4 is 5.32 Å². The maximum absolute atomic E-state index is 13.5. The molecule has 2 aliphatic heterocycles. The van der Waals surface area contributed by atoms with Crippen LogP contribution in [0.3, 0.4) is 0 Å². The van der Waals surface area contributed by atoms with E-state index in [1.807, 2.05) is 0 Å². The van der Waals surface area contributed by atoms with E-state index in [2.05, 4.69) is 40.5 Å². The Labute approximate surface area is 175 Å². The van der Waals surface area contributed by atoms with Crippen LogP contribution in [0.5, 0.6) is 0 Å². The zero-order valence-electron chi connectivity index (χ0n) is 17.7. The van der Waals surface area contributed by atoms with Gasteiger partial charge in [0.2, 0.25) is 5.91 Å². The predicted octanol–water partition coefficient (Wildman–Crippen LogP) is 4.90. The second kappa shape index (κ2) is 7.11. The van der Waals surface area contributed by atoms with Crippen LogP contribution in [-0.2, 0) is 11.3 Å². The Morgan fingerprint density at radius 3 is 2.07 bits per heavy atom. The molecule has 29 heavy (non-hydrogen) atoms. The molecule has 0 aromatic heterocycles. The molecule has 0 unspecified atom stereocenters. The number of nitrogens with zero attached hydrogens (tertiary/aromatic N) is 1. The van der Waals surface area contributed by atoms with Crippen molar-refractivity contribution in [1.82, 2.24) is 10.2 Å².